The lowest BCUT2D eigenvalue weighted by Gasteiger charge is -2.16. The average Bonchev–Trinajstić information content (AvgIpc) is 3.38. The molecule has 142 valence electrons. The maximum atomic E-state index is 3.82. The summed E-state index contributed by atoms with van der Waals surface area (Å²) in [6.07, 6.45) is 9.12. The van der Waals surface area contributed by atoms with E-state index in [1.807, 2.05) is 11.8 Å². The summed E-state index contributed by atoms with van der Waals surface area (Å²) in [5.74, 6) is 0.454. The van der Waals surface area contributed by atoms with Crippen molar-refractivity contribution >= 4 is 44.3 Å². The van der Waals surface area contributed by atoms with Crippen molar-refractivity contribution in [2.45, 2.75) is 16.1 Å². The van der Waals surface area contributed by atoms with Crippen molar-refractivity contribution in [3.05, 3.63) is 103 Å². The van der Waals surface area contributed by atoms with Gasteiger partial charge in [0.15, 0.2) is 0 Å². The van der Waals surface area contributed by atoms with E-state index in [1.54, 1.807) is 0 Å². The third-order valence-electron chi connectivity index (χ3n) is 6.54. The van der Waals surface area contributed by atoms with Crippen LogP contribution in [0.25, 0.3) is 43.7 Å². The number of rotatable bonds is 1. The second-order valence-corrected chi connectivity index (χ2v) is 9.36. The minimum Gasteiger partial charge on any atom is -0.354 e. The minimum atomic E-state index is 0.454. The van der Waals surface area contributed by atoms with Gasteiger partial charge in [-0.15, -0.1) is 11.8 Å². The number of benzene rings is 4. The van der Waals surface area contributed by atoms with E-state index in [0.29, 0.717) is 11.2 Å². The number of hydrogen-bond donors (Lipinski definition) is 1. The van der Waals surface area contributed by atoms with E-state index in [0.717, 1.165) is 0 Å². The summed E-state index contributed by atoms with van der Waals surface area (Å²) in [5.41, 5.74) is 6.51. The average molecular weight is 402 g/mol. The fourth-order valence-electron chi connectivity index (χ4n) is 5.20. The van der Waals surface area contributed by atoms with Gasteiger partial charge in [0.25, 0.3) is 0 Å². The van der Waals surface area contributed by atoms with Crippen LogP contribution in [-0.2, 0) is 0 Å². The maximum absolute atomic E-state index is 3.82. The molecule has 0 saturated heterocycles. The van der Waals surface area contributed by atoms with Crippen molar-refractivity contribution < 1.29 is 0 Å². The monoisotopic (exact) mass is 401 g/mol. The molecule has 2 heterocycles. The van der Waals surface area contributed by atoms with Gasteiger partial charge in [-0.05, 0) is 33.5 Å². The SMILES string of the molecule is C1=CC2Sc3c(c4ccccc4c4c3[nH]c3cc(-c5ccccc5)ccc34)C2C=C1. The molecule has 0 fully saturated rings. The highest BCUT2D eigenvalue weighted by Crippen LogP contribution is 2.54. The van der Waals surface area contributed by atoms with Gasteiger partial charge in [-0.25, -0.2) is 0 Å². The molecule has 0 bridgehead atoms. The fourth-order valence-corrected chi connectivity index (χ4v) is 6.66. The molecule has 30 heavy (non-hydrogen) atoms. The maximum Gasteiger partial charge on any atom is 0.0612 e. The third kappa shape index (κ3) is 2.20. The van der Waals surface area contributed by atoms with Gasteiger partial charge in [-0.2, -0.15) is 0 Å². The topological polar surface area (TPSA) is 15.8 Å². The number of thioether (sulfide) groups is 1. The number of aromatic amines is 1. The second-order valence-electron chi connectivity index (χ2n) is 8.17. The Hall–Kier alpha value is -3.23. The van der Waals surface area contributed by atoms with E-state index in [2.05, 4.69) is 102 Å². The van der Waals surface area contributed by atoms with Crippen LogP contribution in [0.3, 0.4) is 0 Å². The van der Waals surface area contributed by atoms with Crippen LogP contribution in [0, 0.1) is 0 Å². The van der Waals surface area contributed by atoms with Crippen molar-refractivity contribution in [3.8, 4) is 11.1 Å². The number of hydrogen-bond acceptors (Lipinski definition) is 1. The van der Waals surface area contributed by atoms with Gasteiger partial charge in [0.05, 0.1) is 5.52 Å². The van der Waals surface area contributed by atoms with E-state index in [9.17, 15) is 0 Å². The number of H-pyrrole nitrogens is 1. The summed E-state index contributed by atoms with van der Waals surface area (Å²) in [4.78, 5) is 5.24. The Morgan fingerprint density at radius 2 is 1.50 bits per heavy atom. The first kappa shape index (κ1) is 16.6. The van der Waals surface area contributed by atoms with Gasteiger partial charge in [-0.3, -0.25) is 0 Å². The van der Waals surface area contributed by atoms with Crippen LogP contribution in [0.1, 0.15) is 11.5 Å². The zero-order chi connectivity index (χ0) is 19.7. The molecule has 0 radical (unpaired) electrons. The van der Waals surface area contributed by atoms with E-state index < -0.39 is 0 Å². The number of aromatic nitrogens is 1. The van der Waals surface area contributed by atoms with Gasteiger partial charge >= 0.3 is 0 Å². The highest BCUT2D eigenvalue weighted by atomic mass is 32.2. The van der Waals surface area contributed by atoms with Crippen molar-refractivity contribution in [3.63, 3.8) is 0 Å². The van der Waals surface area contributed by atoms with Crippen LogP contribution in [0.15, 0.2) is 102 Å². The molecule has 0 saturated carbocycles. The Balaban J connectivity index is 1.58. The van der Waals surface area contributed by atoms with Crippen LogP contribution in [-0.4, -0.2) is 10.2 Å². The molecule has 0 amide bonds. The summed E-state index contributed by atoms with van der Waals surface area (Å²) in [5, 5.41) is 5.91. The Morgan fingerprint density at radius 3 is 2.40 bits per heavy atom. The first-order valence-electron chi connectivity index (χ1n) is 10.5. The molecule has 2 unspecified atom stereocenters. The van der Waals surface area contributed by atoms with Crippen LogP contribution < -0.4 is 0 Å². The number of nitrogens with one attached hydrogen (secondary N) is 1. The summed E-state index contributed by atoms with van der Waals surface area (Å²) in [6, 6.07) is 26.4. The van der Waals surface area contributed by atoms with Crippen LogP contribution in [0.2, 0.25) is 0 Å². The van der Waals surface area contributed by atoms with Crippen molar-refractivity contribution in [1.82, 2.24) is 4.98 Å². The molecule has 1 aromatic heterocycles. The highest BCUT2D eigenvalue weighted by molar-refractivity contribution is 8.00. The van der Waals surface area contributed by atoms with E-state index in [-0.39, 0.29) is 0 Å². The summed E-state index contributed by atoms with van der Waals surface area (Å²) in [7, 11) is 0. The molecule has 2 heteroatoms. The van der Waals surface area contributed by atoms with Gasteiger partial charge in [0.1, 0.15) is 0 Å². The van der Waals surface area contributed by atoms with Gasteiger partial charge in [-0.1, -0.05) is 91.0 Å². The van der Waals surface area contributed by atoms with E-state index in [4.69, 9.17) is 0 Å². The zero-order valence-electron chi connectivity index (χ0n) is 16.3. The van der Waals surface area contributed by atoms with Crippen LogP contribution in [0.4, 0.5) is 0 Å². The smallest absolute Gasteiger partial charge is 0.0612 e. The summed E-state index contributed by atoms with van der Waals surface area (Å²) in [6.45, 7) is 0. The fraction of sp³-hybridized carbons (Fsp3) is 0.0714. The lowest BCUT2D eigenvalue weighted by atomic mass is 9.87. The largest absolute Gasteiger partial charge is 0.354 e. The molecular weight excluding hydrogens is 382 g/mol. The lowest BCUT2D eigenvalue weighted by Crippen LogP contribution is -2.07. The first-order valence-corrected chi connectivity index (χ1v) is 11.3. The number of fused-ring (bicyclic) bond motifs is 10. The van der Waals surface area contributed by atoms with Gasteiger partial charge in [0, 0.05) is 32.4 Å². The molecule has 1 aliphatic heterocycles. The van der Waals surface area contributed by atoms with Crippen molar-refractivity contribution in [2.24, 2.45) is 0 Å². The number of allylic oxidation sites excluding steroid dienone is 3. The van der Waals surface area contributed by atoms with Crippen molar-refractivity contribution in [1.29, 1.82) is 0 Å². The molecule has 5 aromatic rings. The molecule has 1 nitrogen and oxygen atoms in total. The van der Waals surface area contributed by atoms with Crippen LogP contribution >= 0.6 is 11.8 Å². The molecule has 2 atom stereocenters. The molecule has 1 aliphatic carbocycles. The normalized spacial score (nSPS) is 19.6. The van der Waals surface area contributed by atoms with Gasteiger partial charge in [0.2, 0.25) is 0 Å². The quantitative estimate of drug-likeness (QED) is 0.303. The van der Waals surface area contributed by atoms with Crippen molar-refractivity contribution in [2.75, 3.05) is 0 Å². The van der Waals surface area contributed by atoms with Gasteiger partial charge < -0.3 is 4.98 Å². The molecule has 7 rings (SSSR count). The molecule has 2 aliphatic rings. The van der Waals surface area contributed by atoms with Crippen LogP contribution in [0.5, 0.6) is 0 Å². The highest BCUT2D eigenvalue weighted by Gasteiger charge is 2.35. The molecule has 4 aromatic carbocycles. The Kier molecular flexibility index (Phi) is 3.38. The summed E-state index contributed by atoms with van der Waals surface area (Å²) >= 11 is 2.01. The van der Waals surface area contributed by atoms with E-state index in [1.165, 1.54) is 54.2 Å². The second kappa shape index (κ2) is 6.13. The standard InChI is InChI=1S/C28H19NS/c1-2-8-17(9-3-1)18-14-15-21-23(16-18)29-27-25(21)19-10-4-5-11-20(19)26-22-12-6-7-13-24(22)30-28(26)27/h1-16,22,24,29H. The third-order valence-corrected chi connectivity index (χ3v) is 7.92. The summed E-state index contributed by atoms with van der Waals surface area (Å²) < 4.78 is 0. The Labute approximate surface area is 179 Å². The molecular formula is C28H19NS. The Morgan fingerprint density at radius 1 is 0.700 bits per heavy atom. The predicted molar refractivity (Wildman–Crippen MR) is 129 cm³/mol. The lowest BCUT2D eigenvalue weighted by molar-refractivity contribution is 0.892. The molecule has 1 N–H and O–H groups in total. The predicted octanol–water partition coefficient (Wildman–Crippen LogP) is 7.83. The van der Waals surface area contributed by atoms with E-state index >= 15 is 0 Å². The first-order chi connectivity index (χ1) is 14.9. The minimum absolute atomic E-state index is 0.454. The molecule has 0 spiro atoms. The zero-order valence-corrected chi connectivity index (χ0v) is 17.1. The Bertz CT molecular complexity index is 1520.